The van der Waals surface area contributed by atoms with Crippen LogP contribution in [0.3, 0.4) is 0 Å². The van der Waals surface area contributed by atoms with Crippen LogP contribution in [0.5, 0.6) is 0 Å². The molecule has 0 radical (unpaired) electrons. The minimum Gasteiger partial charge on any atom is -0.550 e. The van der Waals surface area contributed by atoms with Crippen LogP contribution in [0.2, 0.25) is 0 Å². The van der Waals surface area contributed by atoms with Crippen LogP contribution in [0.1, 0.15) is 19.8 Å². The van der Waals surface area contributed by atoms with Crippen molar-refractivity contribution in [2.45, 2.75) is 19.8 Å². The summed E-state index contributed by atoms with van der Waals surface area (Å²) >= 11 is 0. The minimum absolute atomic E-state index is 0.132. The summed E-state index contributed by atoms with van der Waals surface area (Å²) in [5.74, 6) is -0.702. The maximum Gasteiger partial charge on any atom is 0.0414 e. The van der Waals surface area contributed by atoms with Crippen molar-refractivity contribution in [3.05, 3.63) is 12.7 Å². The van der Waals surface area contributed by atoms with E-state index in [0.717, 1.165) is 0 Å². The molecule has 0 rings (SSSR count). The summed E-state index contributed by atoms with van der Waals surface area (Å²) in [5, 5.41) is 9.87. The van der Waals surface area contributed by atoms with Crippen LogP contribution in [0.15, 0.2) is 12.7 Å². The second kappa shape index (κ2) is 4.13. The normalized spacial score (nSPS) is 12.6. The number of aliphatic carboxylic acids is 1. The fourth-order valence-corrected chi connectivity index (χ4v) is 0.463. The molecule has 0 spiro atoms. The zero-order valence-corrected chi connectivity index (χ0v) is 5.59. The Morgan fingerprint density at radius 3 is 2.78 bits per heavy atom. The Morgan fingerprint density at radius 1 is 1.89 bits per heavy atom. The average molecular weight is 127 g/mol. The van der Waals surface area contributed by atoms with Crippen LogP contribution in [0.4, 0.5) is 0 Å². The van der Waals surface area contributed by atoms with Gasteiger partial charge in [0.2, 0.25) is 0 Å². The van der Waals surface area contributed by atoms with Crippen molar-refractivity contribution in [3.63, 3.8) is 0 Å². The van der Waals surface area contributed by atoms with Crippen molar-refractivity contribution >= 4 is 5.97 Å². The van der Waals surface area contributed by atoms with Gasteiger partial charge in [0.1, 0.15) is 0 Å². The van der Waals surface area contributed by atoms with E-state index < -0.39 is 5.97 Å². The maximum atomic E-state index is 9.87. The third-order valence-electron chi connectivity index (χ3n) is 1.21. The molecule has 0 amide bonds. The molecular formula is C7H11O2-. The van der Waals surface area contributed by atoms with Crippen LogP contribution < -0.4 is 5.11 Å². The fraction of sp³-hybridized carbons (Fsp3) is 0.571. The topological polar surface area (TPSA) is 40.1 Å². The van der Waals surface area contributed by atoms with Crippen LogP contribution >= 0.6 is 0 Å². The van der Waals surface area contributed by atoms with E-state index in [4.69, 9.17) is 0 Å². The molecule has 0 fully saturated rings. The van der Waals surface area contributed by atoms with Gasteiger partial charge in [0, 0.05) is 5.97 Å². The molecule has 1 atom stereocenters. The molecule has 0 aromatic heterocycles. The summed E-state index contributed by atoms with van der Waals surface area (Å²) < 4.78 is 0. The molecule has 9 heavy (non-hydrogen) atoms. The molecule has 0 N–H and O–H groups in total. The second-order valence-electron chi connectivity index (χ2n) is 2.12. The van der Waals surface area contributed by atoms with Gasteiger partial charge in [-0.25, -0.2) is 0 Å². The lowest BCUT2D eigenvalue weighted by atomic mass is 10.1. The van der Waals surface area contributed by atoms with Crippen molar-refractivity contribution < 1.29 is 9.90 Å². The number of carboxylic acid groups (broad SMARTS) is 1. The van der Waals surface area contributed by atoms with Gasteiger partial charge in [-0.15, -0.1) is 6.58 Å². The highest BCUT2D eigenvalue weighted by Crippen LogP contribution is 2.04. The van der Waals surface area contributed by atoms with Gasteiger partial charge >= 0.3 is 0 Å². The summed E-state index contributed by atoms with van der Waals surface area (Å²) in [6.07, 6.45) is 2.50. The summed E-state index contributed by atoms with van der Waals surface area (Å²) in [4.78, 5) is 9.87. The van der Waals surface area contributed by atoms with E-state index in [2.05, 4.69) is 6.58 Å². The van der Waals surface area contributed by atoms with Gasteiger partial charge in [0.25, 0.3) is 0 Å². The standard InChI is InChI=1S/C7H12O2/c1-3-6(2)4-5-7(8)9/h3,6H,1,4-5H2,2H3,(H,8,9)/p-1. The summed E-state index contributed by atoms with van der Waals surface area (Å²) in [6, 6.07) is 0. The molecule has 1 unspecified atom stereocenters. The van der Waals surface area contributed by atoms with Crippen LogP contribution in [0.25, 0.3) is 0 Å². The quantitative estimate of drug-likeness (QED) is 0.511. The smallest absolute Gasteiger partial charge is 0.0414 e. The molecule has 0 heterocycles. The zero-order valence-electron chi connectivity index (χ0n) is 5.59. The first-order valence-corrected chi connectivity index (χ1v) is 2.99. The zero-order chi connectivity index (χ0) is 7.28. The Kier molecular flexibility index (Phi) is 3.76. The molecule has 0 aromatic carbocycles. The highest BCUT2D eigenvalue weighted by atomic mass is 16.4. The predicted octanol–water partition coefficient (Wildman–Crippen LogP) is 0.339. The van der Waals surface area contributed by atoms with E-state index in [9.17, 15) is 9.90 Å². The summed E-state index contributed by atoms with van der Waals surface area (Å²) in [7, 11) is 0. The second-order valence-corrected chi connectivity index (χ2v) is 2.12. The number of hydrogen-bond acceptors (Lipinski definition) is 2. The van der Waals surface area contributed by atoms with Gasteiger partial charge in [-0.05, 0) is 18.8 Å². The first-order chi connectivity index (χ1) is 4.16. The SMILES string of the molecule is C=CC(C)CCC(=O)[O-]. The van der Waals surface area contributed by atoms with E-state index in [1.807, 2.05) is 6.92 Å². The lowest BCUT2D eigenvalue weighted by Gasteiger charge is -2.04. The monoisotopic (exact) mass is 127 g/mol. The lowest BCUT2D eigenvalue weighted by Crippen LogP contribution is -2.22. The Morgan fingerprint density at radius 2 is 2.44 bits per heavy atom. The molecule has 0 aromatic rings. The van der Waals surface area contributed by atoms with Crippen molar-refractivity contribution in [3.8, 4) is 0 Å². The molecule has 0 aliphatic rings. The molecule has 0 aliphatic carbocycles. The Balaban J connectivity index is 3.26. The van der Waals surface area contributed by atoms with Crippen LogP contribution in [-0.4, -0.2) is 5.97 Å². The van der Waals surface area contributed by atoms with Gasteiger partial charge in [0.15, 0.2) is 0 Å². The Hall–Kier alpha value is -0.790. The predicted molar refractivity (Wildman–Crippen MR) is 33.6 cm³/mol. The van der Waals surface area contributed by atoms with Gasteiger partial charge in [-0.2, -0.15) is 0 Å². The fourth-order valence-electron chi connectivity index (χ4n) is 0.463. The van der Waals surface area contributed by atoms with E-state index in [1.165, 1.54) is 0 Å². The molecule has 0 bridgehead atoms. The molecule has 0 aliphatic heterocycles. The molecule has 0 saturated carbocycles. The largest absolute Gasteiger partial charge is 0.550 e. The third kappa shape index (κ3) is 5.07. The van der Waals surface area contributed by atoms with E-state index in [-0.39, 0.29) is 12.3 Å². The van der Waals surface area contributed by atoms with Gasteiger partial charge in [-0.1, -0.05) is 13.0 Å². The number of carbonyl (C=O) groups excluding carboxylic acids is 1. The van der Waals surface area contributed by atoms with Crippen LogP contribution in [0, 0.1) is 5.92 Å². The molecule has 2 nitrogen and oxygen atoms in total. The number of allylic oxidation sites excluding steroid dienone is 1. The summed E-state index contributed by atoms with van der Waals surface area (Å²) in [6.45, 7) is 5.45. The van der Waals surface area contributed by atoms with Crippen molar-refractivity contribution in [2.24, 2.45) is 5.92 Å². The lowest BCUT2D eigenvalue weighted by molar-refractivity contribution is -0.305. The number of rotatable bonds is 4. The molecule has 2 heteroatoms. The van der Waals surface area contributed by atoms with E-state index in [1.54, 1.807) is 6.08 Å². The first-order valence-electron chi connectivity index (χ1n) is 2.99. The van der Waals surface area contributed by atoms with Crippen molar-refractivity contribution in [2.75, 3.05) is 0 Å². The molecule has 52 valence electrons. The van der Waals surface area contributed by atoms with Crippen LogP contribution in [-0.2, 0) is 4.79 Å². The third-order valence-corrected chi connectivity index (χ3v) is 1.21. The van der Waals surface area contributed by atoms with E-state index >= 15 is 0 Å². The first kappa shape index (κ1) is 8.21. The van der Waals surface area contributed by atoms with E-state index in [0.29, 0.717) is 6.42 Å². The van der Waals surface area contributed by atoms with Crippen molar-refractivity contribution in [1.82, 2.24) is 0 Å². The number of hydrogen-bond donors (Lipinski definition) is 0. The van der Waals surface area contributed by atoms with Gasteiger partial charge in [0.05, 0.1) is 0 Å². The number of carboxylic acids is 1. The molecular weight excluding hydrogens is 116 g/mol. The molecule has 0 saturated heterocycles. The highest BCUT2D eigenvalue weighted by molar-refractivity contribution is 5.64. The van der Waals surface area contributed by atoms with Gasteiger partial charge in [-0.3, -0.25) is 0 Å². The maximum absolute atomic E-state index is 9.87. The highest BCUT2D eigenvalue weighted by Gasteiger charge is 1.94. The van der Waals surface area contributed by atoms with Crippen molar-refractivity contribution in [1.29, 1.82) is 0 Å². The Labute approximate surface area is 55.2 Å². The summed E-state index contributed by atoms with van der Waals surface area (Å²) in [5.41, 5.74) is 0. The Bertz CT molecular complexity index is 107. The van der Waals surface area contributed by atoms with Gasteiger partial charge < -0.3 is 9.90 Å². The number of carbonyl (C=O) groups is 1. The average Bonchev–Trinajstić information content (AvgIpc) is 1.83. The minimum atomic E-state index is -0.983.